The Balaban J connectivity index is 1.43. The van der Waals surface area contributed by atoms with Crippen molar-refractivity contribution in [1.29, 1.82) is 0 Å². The Bertz CT molecular complexity index is 1220. The molecule has 3 aromatic heterocycles. The molecular weight excluding hydrogens is 406 g/mol. The second-order valence-electron chi connectivity index (χ2n) is 7.68. The van der Waals surface area contributed by atoms with Gasteiger partial charge in [-0.2, -0.15) is 5.10 Å². The number of rotatable bonds is 4. The number of para-hydroxylation sites is 1. The van der Waals surface area contributed by atoms with Crippen molar-refractivity contribution in [3.8, 4) is 11.5 Å². The summed E-state index contributed by atoms with van der Waals surface area (Å²) < 4.78 is 8.94. The zero-order valence-electron chi connectivity index (χ0n) is 17.7. The molecule has 0 bridgehead atoms. The van der Waals surface area contributed by atoms with Crippen molar-refractivity contribution in [2.75, 3.05) is 26.2 Å². The second kappa shape index (κ2) is 8.22. The lowest BCUT2D eigenvalue weighted by Gasteiger charge is -2.34. The average molecular weight is 429 g/mol. The highest BCUT2D eigenvalue weighted by atomic mass is 16.3. The van der Waals surface area contributed by atoms with Crippen LogP contribution in [0.1, 0.15) is 26.6 Å². The van der Waals surface area contributed by atoms with Crippen molar-refractivity contribution >= 4 is 11.8 Å². The number of amides is 2. The molecule has 0 spiro atoms. The molecule has 0 aliphatic carbocycles. The highest BCUT2D eigenvalue weighted by Gasteiger charge is 2.31. The third kappa shape index (κ3) is 3.49. The summed E-state index contributed by atoms with van der Waals surface area (Å²) >= 11 is 0. The minimum Gasteiger partial charge on any atom is -0.459 e. The van der Waals surface area contributed by atoms with Gasteiger partial charge in [0.05, 0.1) is 17.6 Å². The maximum absolute atomic E-state index is 13.6. The number of hydrogen-bond donors (Lipinski definition) is 0. The predicted octanol–water partition coefficient (Wildman–Crippen LogP) is 3.16. The Labute approximate surface area is 185 Å². The first kappa shape index (κ1) is 19.9. The first-order chi connectivity index (χ1) is 15.6. The zero-order chi connectivity index (χ0) is 22.1. The van der Waals surface area contributed by atoms with Gasteiger partial charge in [-0.3, -0.25) is 9.59 Å². The summed E-state index contributed by atoms with van der Waals surface area (Å²) in [5.74, 6) is 0.791. The highest BCUT2D eigenvalue weighted by Crippen LogP contribution is 2.25. The lowest BCUT2D eigenvalue weighted by atomic mass is 10.1. The molecule has 32 heavy (non-hydrogen) atoms. The van der Waals surface area contributed by atoms with Crippen LogP contribution in [0.5, 0.6) is 0 Å². The minimum atomic E-state index is -0.150. The van der Waals surface area contributed by atoms with Crippen molar-refractivity contribution in [3.63, 3.8) is 0 Å². The summed E-state index contributed by atoms with van der Waals surface area (Å²) in [6.07, 6.45) is 5.31. The van der Waals surface area contributed by atoms with E-state index in [0.717, 1.165) is 5.69 Å². The summed E-state index contributed by atoms with van der Waals surface area (Å²) in [7, 11) is 0. The van der Waals surface area contributed by atoms with E-state index in [1.807, 2.05) is 66.3 Å². The Morgan fingerprint density at radius 1 is 0.844 bits per heavy atom. The lowest BCUT2D eigenvalue weighted by Crippen LogP contribution is -2.50. The van der Waals surface area contributed by atoms with Gasteiger partial charge in [-0.15, -0.1) is 0 Å². The molecule has 0 atom stereocenters. The van der Waals surface area contributed by atoms with Crippen LogP contribution < -0.4 is 0 Å². The third-order valence-corrected chi connectivity index (χ3v) is 5.69. The molecule has 2 amide bonds. The van der Waals surface area contributed by atoms with Gasteiger partial charge in [0, 0.05) is 38.6 Å². The summed E-state index contributed by atoms with van der Waals surface area (Å²) in [6, 6.07) is 17.0. The largest absolute Gasteiger partial charge is 0.459 e. The molecule has 1 saturated heterocycles. The minimum absolute atomic E-state index is 0.0847. The third-order valence-electron chi connectivity index (χ3n) is 5.69. The molecule has 4 aromatic rings. The molecule has 1 aliphatic rings. The molecule has 162 valence electrons. The summed E-state index contributed by atoms with van der Waals surface area (Å²) in [5, 5.41) is 4.70. The van der Waals surface area contributed by atoms with Crippen LogP contribution in [0.4, 0.5) is 0 Å². The van der Waals surface area contributed by atoms with Gasteiger partial charge >= 0.3 is 0 Å². The van der Waals surface area contributed by atoms with Gasteiger partial charge in [-0.25, -0.2) is 4.68 Å². The fourth-order valence-corrected chi connectivity index (χ4v) is 4.06. The van der Waals surface area contributed by atoms with E-state index >= 15 is 0 Å². The number of piperazine rings is 1. The van der Waals surface area contributed by atoms with Crippen LogP contribution in [0, 0.1) is 6.92 Å². The van der Waals surface area contributed by atoms with E-state index in [2.05, 4.69) is 0 Å². The van der Waals surface area contributed by atoms with E-state index in [1.165, 1.54) is 6.26 Å². The quantitative estimate of drug-likeness (QED) is 0.499. The Morgan fingerprint density at radius 2 is 1.50 bits per heavy atom. The lowest BCUT2D eigenvalue weighted by molar-refractivity contribution is 0.0517. The first-order valence-electron chi connectivity index (χ1n) is 10.5. The second-order valence-corrected chi connectivity index (χ2v) is 7.68. The SMILES string of the molecule is Cc1nn(-c2ccccc2)c(-n2cccc2)c1C(=O)N1CCN(C(=O)c2ccco2)CC1. The molecule has 0 radical (unpaired) electrons. The van der Waals surface area contributed by atoms with Gasteiger partial charge in [-0.05, 0) is 43.3 Å². The fraction of sp³-hybridized carbons (Fsp3) is 0.208. The number of benzene rings is 1. The molecule has 1 aromatic carbocycles. The van der Waals surface area contributed by atoms with Gasteiger partial charge in [0.1, 0.15) is 5.56 Å². The number of aryl methyl sites for hydroxylation is 1. The van der Waals surface area contributed by atoms with E-state index in [9.17, 15) is 9.59 Å². The number of furan rings is 1. The Kier molecular flexibility index (Phi) is 5.10. The molecule has 4 heterocycles. The van der Waals surface area contributed by atoms with Crippen molar-refractivity contribution in [3.05, 3.63) is 90.3 Å². The van der Waals surface area contributed by atoms with E-state index < -0.39 is 0 Å². The molecule has 8 nitrogen and oxygen atoms in total. The molecule has 8 heteroatoms. The van der Waals surface area contributed by atoms with E-state index in [4.69, 9.17) is 9.52 Å². The van der Waals surface area contributed by atoms with Crippen molar-refractivity contribution in [2.24, 2.45) is 0 Å². The number of nitrogens with zero attached hydrogens (tertiary/aromatic N) is 5. The molecule has 5 rings (SSSR count). The number of carbonyl (C=O) groups is 2. The fourth-order valence-electron chi connectivity index (χ4n) is 4.06. The van der Waals surface area contributed by atoms with Crippen LogP contribution in [-0.2, 0) is 0 Å². The average Bonchev–Trinajstić information content (AvgIpc) is 3.60. The van der Waals surface area contributed by atoms with Crippen LogP contribution >= 0.6 is 0 Å². The number of hydrogen-bond acceptors (Lipinski definition) is 4. The van der Waals surface area contributed by atoms with Crippen LogP contribution in [0.3, 0.4) is 0 Å². The standard InChI is InChI=1S/C24H23N5O3/c1-18-21(22(26-11-5-6-12-26)29(25-18)19-8-3-2-4-9-19)24(31)28-15-13-27(14-16-28)23(30)20-10-7-17-32-20/h2-12,17H,13-16H2,1H3. The molecule has 0 saturated carbocycles. The normalized spacial score (nSPS) is 14.0. The van der Waals surface area contributed by atoms with Crippen LogP contribution in [0.25, 0.3) is 11.5 Å². The summed E-state index contributed by atoms with van der Waals surface area (Å²) in [6.45, 7) is 3.67. The molecular formula is C24H23N5O3. The maximum Gasteiger partial charge on any atom is 0.289 e. The monoisotopic (exact) mass is 429 g/mol. The van der Waals surface area contributed by atoms with Crippen molar-refractivity contribution in [1.82, 2.24) is 24.1 Å². The van der Waals surface area contributed by atoms with Crippen LogP contribution in [0.15, 0.2) is 77.7 Å². The molecule has 0 N–H and O–H groups in total. The van der Waals surface area contributed by atoms with Gasteiger partial charge in [-0.1, -0.05) is 18.2 Å². The van der Waals surface area contributed by atoms with E-state index in [-0.39, 0.29) is 11.8 Å². The van der Waals surface area contributed by atoms with Crippen LogP contribution in [0.2, 0.25) is 0 Å². The topological polar surface area (TPSA) is 76.5 Å². The molecule has 1 fully saturated rings. The molecule has 1 aliphatic heterocycles. The summed E-state index contributed by atoms with van der Waals surface area (Å²) in [4.78, 5) is 29.7. The number of carbonyl (C=O) groups excluding carboxylic acids is 2. The Morgan fingerprint density at radius 3 is 2.12 bits per heavy atom. The van der Waals surface area contributed by atoms with Gasteiger partial charge < -0.3 is 18.8 Å². The maximum atomic E-state index is 13.6. The number of aromatic nitrogens is 3. The van der Waals surface area contributed by atoms with Gasteiger partial charge in [0.15, 0.2) is 11.6 Å². The molecule has 0 unspecified atom stereocenters. The summed E-state index contributed by atoms with van der Waals surface area (Å²) in [5.41, 5.74) is 2.11. The predicted molar refractivity (Wildman–Crippen MR) is 118 cm³/mol. The zero-order valence-corrected chi connectivity index (χ0v) is 17.7. The van der Waals surface area contributed by atoms with Gasteiger partial charge in [0.25, 0.3) is 11.8 Å². The van der Waals surface area contributed by atoms with Crippen molar-refractivity contribution < 1.29 is 14.0 Å². The smallest absolute Gasteiger partial charge is 0.289 e. The van der Waals surface area contributed by atoms with E-state index in [0.29, 0.717) is 49.0 Å². The highest BCUT2D eigenvalue weighted by molar-refractivity contribution is 5.99. The first-order valence-corrected chi connectivity index (χ1v) is 10.5. The van der Waals surface area contributed by atoms with Crippen LogP contribution in [-0.4, -0.2) is 62.1 Å². The van der Waals surface area contributed by atoms with Crippen molar-refractivity contribution in [2.45, 2.75) is 6.92 Å². The van der Waals surface area contributed by atoms with Gasteiger partial charge in [0.2, 0.25) is 0 Å². The van der Waals surface area contributed by atoms with E-state index in [1.54, 1.807) is 26.6 Å². The Hall–Kier alpha value is -4.07.